The van der Waals surface area contributed by atoms with Gasteiger partial charge in [-0.05, 0) is 40.5 Å². The van der Waals surface area contributed by atoms with Gasteiger partial charge in [-0.25, -0.2) is 8.91 Å². The standard InChI is InChI=1S/C28H22FN5O2/c1-16(2)24(18-9-11-21(29)12-10-18)32-27(35)25-22(14-30)26-28(36)31-23(15-34(26)33-25)20-8-7-17-5-3-4-6-19(17)13-20/h3-13,15-16,24H,1-2H3,(H,31,36)(H,32,35). The second-order valence-corrected chi connectivity index (χ2v) is 8.93. The number of hydrogen-bond acceptors (Lipinski definition) is 4. The van der Waals surface area contributed by atoms with Crippen molar-refractivity contribution < 1.29 is 9.18 Å². The Bertz CT molecular complexity index is 1710. The van der Waals surface area contributed by atoms with Crippen LogP contribution in [0.25, 0.3) is 27.5 Å². The number of carbonyl (C=O) groups is 1. The number of amides is 1. The third-order valence-corrected chi connectivity index (χ3v) is 6.19. The summed E-state index contributed by atoms with van der Waals surface area (Å²) in [5.74, 6) is -0.990. The van der Waals surface area contributed by atoms with Crippen LogP contribution in [-0.2, 0) is 0 Å². The van der Waals surface area contributed by atoms with Crippen LogP contribution in [0.4, 0.5) is 4.39 Å². The van der Waals surface area contributed by atoms with E-state index in [-0.39, 0.29) is 28.5 Å². The molecule has 5 rings (SSSR count). The van der Waals surface area contributed by atoms with E-state index in [1.165, 1.54) is 16.6 Å². The smallest absolute Gasteiger partial charge is 0.275 e. The van der Waals surface area contributed by atoms with Gasteiger partial charge in [-0.2, -0.15) is 10.4 Å². The first-order valence-electron chi connectivity index (χ1n) is 11.5. The van der Waals surface area contributed by atoms with Crippen LogP contribution in [-0.4, -0.2) is 20.5 Å². The van der Waals surface area contributed by atoms with E-state index in [0.29, 0.717) is 5.69 Å². The van der Waals surface area contributed by atoms with E-state index >= 15 is 0 Å². The maximum atomic E-state index is 13.4. The highest BCUT2D eigenvalue weighted by Gasteiger charge is 2.26. The molecule has 0 radical (unpaired) electrons. The van der Waals surface area contributed by atoms with Gasteiger partial charge in [-0.3, -0.25) is 9.59 Å². The predicted molar refractivity (Wildman–Crippen MR) is 135 cm³/mol. The van der Waals surface area contributed by atoms with Crippen LogP contribution in [0.1, 0.15) is 41.5 Å². The number of benzene rings is 3. The Morgan fingerprint density at radius 1 is 1.08 bits per heavy atom. The summed E-state index contributed by atoms with van der Waals surface area (Å²) in [6, 6.07) is 21.0. The first-order valence-corrected chi connectivity index (χ1v) is 11.5. The Labute approximate surface area is 205 Å². The first kappa shape index (κ1) is 23.0. The molecule has 1 atom stereocenters. The monoisotopic (exact) mass is 479 g/mol. The molecule has 1 unspecified atom stereocenters. The molecule has 2 aromatic heterocycles. The highest BCUT2D eigenvalue weighted by molar-refractivity contribution is 5.97. The van der Waals surface area contributed by atoms with Crippen molar-refractivity contribution >= 4 is 22.2 Å². The van der Waals surface area contributed by atoms with E-state index in [1.807, 2.05) is 62.4 Å². The molecule has 0 fully saturated rings. The van der Waals surface area contributed by atoms with Crippen LogP contribution < -0.4 is 10.9 Å². The van der Waals surface area contributed by atoms with Gasteiger partial charge in [-0.1, -0.05) is 62.4 Å². The van der Waals surface area contributed by atoms with Crippen LogP contribution in [0.15, 0.2) is 77.7 Å². The number of aromatic amines is 1. The number of H-pyrrole nitrogens is 1. The van der Waals surface area contributed by atoms with Crippen molar-refractivity contribution in [3.05, 3.63) is 106 Å². The van der Waals surface area contributed by atoms with Crippen molar-refractivity contribution in [2.45, 2.75) is 19.9 Å². The lowest BCUT2D eigenvalue weighted by molar-refractivity contribution is 0.0920. The van der Waals surface area contributed by atoms with Crippen molar-refractivity contribution in [2.75, 3.05) is 0 Å². The summed E-state index contributed by atoms with van der Waals surface area (Å²) in [5.41, 5.74) is 1.20. The molecule has 0 spiro atoms. The lowest BCUT2D eigenvalue weighted by Crippen LogP contribution is -2.32. The summed E-state index contributed by atoms with van der Waals surface area (Å²) in [4.78, 5) is 29.1. The first-order chi connectivity index (χ1) is 17.4. The molecule has 0 saturated heterocycles. The summed E-state index contributed by atoms with van der Waals surface area (Å²) in [7, 11) is 0. The molecule has 0 aliphatic heterocycles. The zero-order chi connectivity index (χ0) is 25.4. The van der Waals surface area contributed by atoms with Crippen LogP contribution in [0.2, 0.25) is 0 Å². The van der Waals surface area contributed by atoms with Crippen LogP contribution in [0.3, 0.4) is 0 Å². The molecule has 2 N–H and O–H groups in total. The minimum absolute atomic E-state index is 0.00457. The fourth-order valence-corrected chi connectivity index (χ4v) is 4.36. The van der Waals surface area contributed by atoms with Crippen LogP contribution >= 0.6 is 0 Å². The van der Waals surface area contributed by atoms with E-state index in [9.17, 15) is 19.2 Å². The van der Waals surface area contributed by atoms with Gasteiger partial charge in [-0.15, -0.1) is 0 Å². The maximum Gasteiger partial charge on any atom is 0.275 e. The number of carbonyl (C=O) groups excluding carboxylic acids is 1. The van der Waals surface area contributed by atoms with Crippen LogP contribution in [0, 0.1) is 23.1 Å². The summed E-state index contributed by atoms with van der Waals surface area (Å²) in [5, 5.41) is 19.1. The summed E-state index contributed by atoms with van der Waals surface area (Å²) >= 11 is 0. The number of fused-ring (bicyclic) bond motifs is 2. The average Bonchev–Trinajstić information content (AvgIpc) is 3.26. The van der Waals surface area contributed by atoms with E-state index < -0.39 is 17.5 Å². The zero-order valence-corrected chi connectivity index (χ0v) is 19.6. The molecule has 0 aliphatic rings. The van der Waals surface area contributed by atoms with Crippen molar-refractivity contribution in [3.8, 4) is 17.3 Å². The molecule has 0 saturated carbocycles. The van der Waals surface area contributed by atoms with Crippen molar-refractivity contribution in [1.29, 1.82) is 5.26 Å². The molecular weight excluding hydrogens is 457 g/mol. The molecule has 178 valence electrons. The predicted octanol–water partition coefficient (Wildman–Crippen LogP) is 4.98. The maximum absolute atomic E-state index is 13.4. The fraction of sp³-hybridized carbons (Fsp3) is 0.143. The SMILES string of the molecule is CC(C)C(NC(=O)c1nn2cc(-c3ccc4ccccc4c3)[nH]c(=O)c2c1C#N)c1ccc(F)cc1. The Morgan fingerprint density at radius 3 is 2.50 bits per heavy atom. The summed E-state index contributed by atoms with van der Waals surface area (Å²) in [6.07, 6.45) is 1.60. The average molecular weight is 480 g/mol. The lowest BCUT2D eigenvalue weighted by atomic mass is 9.95. The van der Waals surface area contributed by atoms with Crippen molar-refractivity contribution in [1.82, 2.24) is 19.9 Å². The molecule has 0 bridgehead atoms. The number of rotatable bonds is 5. The fourth-order valence-electron chi connectivity index (χ4n) is 4.36. The topological polar surface area (TPSA) is 103 Å². The molecule has 1 amide bonds. The zero-order valence-electron chi connectivity index (χ0n) is 19.6. The minimum Gasteiger partial charge on any atom is -0.344 e. The highest BCUT2D eigenvalue weighted by Crippen LogP contribution is 2.25. The number of nitriles is 1. The van der Waals surface area contributed by atoms with Gasteiger partial charge in [0.25, 0.3) is 11.5 Å². The van der Waals surface area contributed by atoms with Gasteiger partial charge in [0, 0.05) is 5.56 Å². The molecule has 36 heavy (non-hydrogen) atoms. The van der Waals surface area contributed by atoms with Gasteiger partial charge >= 0.3 is 0 Å². The molecule has 7 nitrogen and oxygen atoms in total. The molecule has 2 heterocycles. The van der Waals surface area contributed by atoms with E-state index in [1.54, 1.807) is 18.3 Å². The Hall–Kier alpha value is -4.77. The second kappa shape index (κ2) is 9.12. The Balaban J connectivity index is 1.55. The molecule has 3 aromatic carbocycles. The Morgan fingerprint density at radius 2 is 1.81 bits per heavy atom. The van der Waals surface area contributed by atoms with Crippen LogP contribution in [0.5, 0.6) is 0 Å². The number of hydrogen-bond donors (Lipinski definition) is 2. The van der Waals surface area contributed by atoms with E-state index in [0.717, 1.165) is 21.9 Å². The number of aromatic nitrogens is 3. The molecule has 5 aromatic rings. The summed E-state index contributed by atoms with van der Waals surface area (Å²) < 4.78 is 14.7. The molecule has 0 aliphatic carbocycles. The molecular formula is C28H22FN5O2. The quantitative estimate of drug-likeness (QED) is 0.371. The van der Waals surface area contributed by atoms with Crippen molar-refractivity contribution in [3.63, 3.8) is 0 Å². The highest BCUT2D eigenvalue weighted by atomic mass is 19.1. The van der Waals surface area contributed by atoms with Crippen molar-refractivity contribution in [2.24, 2.45) is 5.92 Å². The summed E-state index contributed by atoms with van der Waals surface area (Å²) in [6.45, 7) is 3.84. The van der Waals surface area contributed by atoms with Gasteiger partial charge in [0.05, 0.1) is 17.9 Å². The number of nitrogens with zero attached hydrogens (tertiary/aromatic N) is 3. The van der Waals surface area contributed by atoms with Gasteiger partial charge in [0.2, 0.25) is 0 Å². The van der Waals surface area contributed by atoms with E-state index in [4.69, 9.17) is 0 Å². The number of halogens is 1. The number of nitrogens with one attached hydrogen (secondary N) is 2. The lowest BCUT2D eigenvalue weighted by Gasteiger charge is -2.22. The van der Waals surface area contributed by atoms with Gasteiger partial charge in [0.1, 0.15) is 23.0 Å². The van der Waals surface area contributed by atoms with Gasteiger partial charge < -0.3 is 10.3 Å². The largest absolute Gasteiger partial charge is 0.344 e. The normalized spacial score (nSPS) is 12.1. The third kappa shape index (κ3) is 4.12. The third-order valence-electron chi connectivity index (χ3n) is 6.19. The van der Waals surface area contributed by atoms with Gasteiger partial charge in [0.15, 0.2) is 5.69 Å². The molecule has 8 heteroatoms. The van der Waals surface area contributed by atoms with E-state index in [2.05, 4.69) is 15.4 Å². The second-order valence-electron chi connectivity index (χ2n) is 8.93. The Kier molecular flexibility index (Phi) is 5.82. The minimum atomic E-state index is -0.593.